The van der Waals surface area contributed by atoms with Crippen LogP contribution in [-0.2, 0) is 9.84 Å². The molecule has 84 valence electrons. The largest absolute Gasteiger partial charge is 0.388 e. The van der Waals surface area contributed by atoms with Gasteiger partial charge in [-0.2, -0.15) is 0 Å². The van der Waals surface area contributed by atoms with Crippen LogP contribution in [0.1, 0.15) is 0 Å². The molecular formula is C8H14N4O2S. The van der Waals surface area contributed by atoms with E-state index < -0.39 is 9.84 Å². The highest BCUT2D eigenvalue weighted by Crippen LogP contribution is 2.16. The van der Waals surface area contributed by atoms with E-state index in [0.717, 1.165) is 13.1 Å². The molecule has 0 saturated carbocycles. The molecule has 2 aliphatic heterocycles. The van der Waals surface area contributed by atoms with E-state index in [4.69, 9.17) is 5.73 Å². The fraction of sp³-hybridized carbons (Fsp3) is 0.625. The Kier molecular flexibility index (Phi) is 2.43. The summed E-state index contributed by atoms with van der Waals surface area (Å²) in [5.41, 5.74) is 5.36. The molecule has 1 fully saturated rings. The van der Waals surface area contributed by atoms with E-state index in [1.807, 2.05) is 7.05 Å². The second-order valence-corrected chi connectivity index (χ2v) is 5.58. The van der Waals surface area contributed by atoms with Gasteiger partial charge in [-0.25, -0.2) is 13.4 Å². The smallest absolute Gasteiger partial charge is 0.255 e. The van der Waals surface area contributed by atoms with E-state index in [1.165, 1.54) is 6.20 Å². The van der Waals surface area contributed by atoms with Crippen molar-refractivity contribution in [2.75, 3.05) is 33.2 Å². The van der Waals surface area contributed by atoms with Crippen molar-refractivity contribution in [3.63, 3.8) is 0 Å². The minimum Gasteiger partial charge on any atom is -0.388 e. The lowest BCUT2D eigenvalue weighted by Crippen LogP contribution is -2.49. The van der Waals surface area contributed by atoms with Gasteiger partial charge in [-0.3, -0.25) is 0 Å². The topological polar surface area (TPSA) is 79.0 Å². The molecular weight excluding hydrogens is 216 g/mol. The van der Waals surface area contributed by atoms with E-state index >= 15 is 0 Å². The van der Waals surface area contributed by atoms with Gasteiger partial charge in [-0.15, -0.1) is 0 Å². The minimum atomic E-state index is -3.49. The monoisotopic (exact) mass is 230 g/mol. The average molecular weight is 230 g/mol. The van der Waals surface area contributed by atoms with Gasteiger partial charge in [0.05, 0.1) is 6.20 Å². The number of hydrogen-bond donors (Lipinski definition) is 1. The van der Waals surface area contributed by atoms with Crippen molar-refractivity contribution < 1.29 is 8.42 Å². The van der Waals surface area contributed by atoms with Crippen LogP contribution in [0, 0.1) is 0 Å². The lowest BCUT2D eigenvalue weighted by molar-refractivity contribution is 0.217. The third-order valence-electron chi connectivity index (χ3n) is 2.63. The van der Waals surface area contributed by atoms with Gasteiger partial charge in [0.15, 0.2) is 5.03 Å². The van der Waals surface area contributed by atoms with Gasteiger partial charge in [0, 0.05) is 26.2 Å². The Morgan fingerprint density at radius 2 is 1.93 bits per heavy atom. The van der Waals surface area contributed by atoms with Crippen molar-refractivity contribution in [3.05, 3.63) is 11.2 Å². The highest BCUT2D eigenvalue weighted by molar-refractivity contribution is 8.09. The third kappa shape index (κ3) is 1.72. The molecule has 2 rings (SSSR count). The highest BCUT2D eigenvalue weighted by atomic mass is 32.2. The first-order chi connectivity index (χ1) is 7.01. The quantitative estimate of drug-likeness (QED) is 0.564. The van der Waals surface area contributed by atoms with E-state index in [9.17, 15) is 8.42 Å². The van der Waals surface area contributed by atoms with Crippen molar-refractivity contribution in [3.8, 4) is 0 Å². The molecule has 0 radical (unpaired) electrons. The summed E-state index contributed by atoms with van der Waals surface area (Å²) < 4.78 is 23.4. The molecule has 0 unspecified atom stereocenters. The second-order valence-electron chi connectivity index (χ2n) is 3.74. The number of amidine groups is 1. The van der Waals surface area contributed by atoms with Crippen molar-refractivity contribution >= 4 is 15.0 Å². The third-order valence-corrected chi connectivity index (χ3v) is 4.20. The van der Waals surface area contributed by atoms with Crippen LogP contribution in [0.2, 0.25) is 0 Å². The molecule has 0 aromatic heterocycles. The van der Waals surface area contributed by atoms with Crippen LogP contribution in [0.25, 0.3) is 0 Å². The van der Waals surface area contributed by atoms with E-state index in [1.54, 1.807) is 4.90 Å². The Morgan fingerprint density at radius 3 is 2.40 bits per heavy atom. The Hall–Kier alpha value is -1.08. The maximum Gasteiger partial charge on any atom is 0.255 e. The zero-order valence-electron chi connectivity index (χ0n) is 8.55. The molecule has 0 atom stereocenters. The molecule has 15 heavy (non-hydrogen) atoms. The normalized spacial score (nSPS) is 26.3. The predicted molar refractivity (Wildman–Crippen MR) is 57.7 cm³/mol. The first-order valence-corrected chi connectivity index (χ1v) is 6.22. The van der Waals surface area contributed by atoms with Crippen LogP contribution < -0.4 is 5.73 Å². The second kappa shape index (κ2) is 3.49. The molecule has 6 nitrogen and oxygen atoms in total. The first kappa shape index (κ1) is 10.4. The summed E-state index contributed by atoms with van der Waals surface area (Å²) in [6.45, 7) is 3.04. The SMILES string of the molecule is CN1CCN(C2=NC=C(N)S2(=O)=O)CC1. The molecule has 2 N–H and O–H groups in total. The summed E-state index contributed by atoms with van der Waals surface area (Å²) >= 11 is 0. The molecule has 0 amide bonds. The van der Waals surface area contributed by atoms with Gasteiger partial charge in [-0.05, 0) is 7.05 Å². The Morgan fingerprint density at radius 1 is 1.33 bits per heavy atom. The lowest BCUT2D eigenvalue weighted by atomic mass is 10.3. The fourth-order valence-electron chi connectivity index (χ4n) is 1.61. The summed E-state index contributed by atoms with van der Waals surface area (Å²) in [6, 6.07) is 0. The van der Waals surface area contributed by atoms with Crippen LogP contribution in [0.4, 0.5) is 0 Å². The van der Waals surface area contributed by atoms with Crippen molar-refractivity contribution in [2.24, 2.45) is 10.7 Å². The van der Waals surface area contributed by atoms with Crippen LogP contribution in [0.3, 0.4) is 0 Å². The maximum atomic E-state index is 11.7. The van der Waals surface area contributed by atoms with E-state index in [0.29, 0.717) is 13.1 Å². The number of piperazine rings is 1. The average Bonchev–Trinajstić information content (AvgIpc) is 2.44. The van der Waals surface area contributed by atoms with Crippen LogP contribution in [-0.4, -0.2) is 56.6 Å². The van der Waals surface area contributed by atoms with Crippen LogP contribution in [0.15, 0.2) is 16.2 Å². The highest BCUT2D eigenvalue weighted by Gasteiger charge is 2.33. The van der Waals surface area contributed by atoms with Crippen LogP contribution in [0.5, 0.6) is 0 Å². The number of rotatable bonds is 0. The van der Waals surface area contributed by atoms with Gasteiger partial charge < -0.3 is 15.5 Å². The van der Waals surface area contributed by atoms with Crippen molar-refractivity contribution in [2.45, 2.75) is 0 Å². The molecule has 0 aromatic rings. The van der Waals surface area contributed by atoms with Gasteiger partial charge in [0.2, 0.25) is 5.17 Å². The number of nitrogens with two attached hydrogens (primary N) is 1. The van der Waals surface area contributed by atoms with Gasteiger partial charge in [0.1, 0.15) is 0 Å². The van der Waals surface area contributed by atoms with Crippen LogP contribution >= 0.6 is 0 Å². The zero-order chi connectivity index (χ0) is 11.1. The molecule has 0 aromatic carbocycles. The molecule has 0 spiro atoms. The summed E-state index contributed by atoms with van der Waals surface area (Å²) in [6.07, 6.45) is 1.21. The zero-order valence-corrected chi connectivity index (χ0v) is 9.37. The molecule has 1 saturated heterocycles. The molecule has 2 heterocycles. The number of aliphatic imine (C=N–C) groups is 1. The molecule has 2 aliphatic rings. The summed E-state index contributed by atoms with van der Waals surface area (Å²) in [5.74, 6) is 0. The standard InChI is InChI=1S/C8H14N4O2S/c1-11-2-4-12(5-3-11)8-10-6-7(9)15(8,13)14/h6H,2-5,9H2,1H3. The Balaban J connectivity index is 2.15. The van der Waals surface area contributed by atoms with Gasteiger partial charge in [-0.1, -0.05) is 0 Å². The van der Waals surface area contributed by atoms with E-state index in [2.05, 4.69) is 9.89 Å². The van der Waals surface area contributed by atoms with Gasteiger partial charge >= 0.3 is 0 Å². The molecule has 0 bridgehead atoms. The van der Waals surface area contributed by atoms with Crippen molar-refractivity contribution in [1.29, 1.82) is 0 Å². The summed E-state index contributed by atoms with van der Waals surface area (Å²) in [4.78, 5) is 7.79. The number of sulfone groups is 1. The number of likely N-dealkylation sites (N-methyl/N-ethyl adjacent to an activating group) is 1. The molecule has 0 aliphatic carbocycles. The minimum absolute atomic E-state index is 0.105. The number of hydrogen-bond acceptors (Lipinski definition) is 6. The fourth-order valence-corrected chi connectivity index (χ4v) is 2.73. The van der Waals surface area contributed by atoms with E-state index in [-0.39, 0.29) is 10.2 Å². The Bertz CT molecular complexity index is 418. The van der Waals surface area contributed by atoms with Gasteiger partial charge in [0.25, 0.3) is 9.84 Å². The predicted octanol–water partition coefficient (Wildman–Crippen LogP) is -1.22. The Labute approximate surface area is 89.0 Å². The summed E-state index contributed by atoms with van der Waals surface area (Å²) in [5, 5.41) is -0.0514. The van der Waals surface area contributed by atoms with Crippen molar-refractivity contribution in [1.82, 2.24) is 9.80 Å². The summed E-state index contributed by atoms with van der Waals surface area (Å²) in [7, 11) is -1.48. The first-order valence-electron chi connectivity index (χ1n) is 4.74. The maximum absolute atomic E-state index is 11.7. The molecule has 7 heteroatoms. The lowest BCUT2D eigenvalue weighted by Gasteiger charge is -2.33. The number of nitrogens with zero attached hydrogens (tertiary/aromatic N) is 3.